The first-order valence-electron chi connectivity index (χ1n) is 8.50. The standard InChI is InChI=1S/C19H26O3/c1-22-15-6-2-5-14(13-15)10-12-19(21)11-4-7-16-17(19)8-3-9-18(16)20/h2,5-6,13,16-17,21H,3-4,7-12H2,1H3/t16-,17-,19+/m0/s1. The van der Waals surface area contributed by atoms with Crippen LogP contribution in [0.3, 0.4) is 0 Å². The lowest BCUT2D eigenvalue weighted by Gasteiger charge is -2.46. The van der Waals surface area contributed by atoms with E-state index in [1.165, 1.54) is 5.56 Å². The summed E-state index contributed by atoms with van der Waals surface area (Å²) in [5.41, 5.74) is 0.527. The van der Waals surface area contributed by atoms with Crippen LogP contribution in [0, 0.1) is 11.8 Å². The van der Waals surface area contributed by atoms with E-state index in [4.69, 9.17) is 4.74 Å². The van der Waals surface area contributed by atoms with Gasteiger partial charge in [-0.3, -0.25) is 4.79 Å². The van der Waals surface area contributed by atoms with Crippen LogP contribution in [0.5, 0.6) is 5.75 Å². The molecule has 0 bridgehead atoms. The van der Waals surface area contributed by atoms with Gasteiger partial charge in [0.15, 0.2) is 0 Å². The zero-order valence-corrected chi connectivity index (χ0v) is 13.4. The number of aryl methyl sites for hydroxylation is 1. The Morgan fingerprint density at radius 2 is 2.18 bits per heavy atom. The van der Waals surface area contributed by atoms with Gasteiger partial charge in [0.2, 0.25) is 0 Å². The number of hydrogen-bond acceptors (Lipinski definition) is 3. The van der Waals surface area contributed by atoms with Crippen LogP contribution in [0.25, 0.3) is 0 Å². The zero-order valence-electron chi connectivity index (χ0n) is 13.4. The van der Waals surface area contributed by atoms with E-state index in [-0.39, 0.29) is 11.8 Å². The molecule has 0 aromatic heterocycles. The summed E-state index contributed by atoms with van der Waals surface area (Å²) < 4.78 is 5.26. The average molecular weight is 302 g/mol. The smallest absolute Gasteiger partial charge is 0.136 e. The number of fused-ring (bicyclic) bond motifs is 1. The van der Waals surface area contributed by atoms with E-state index in [0.717, 1.165) is 50.7 Å². The van der Waals surface area contributed by atoms with Crippen molar-refractivity contribution in [2.75, 3.05) is 7.11 Å². The molecular formula is C19H26O3. The Labute approximate surface area is 132 Å². The van der Waals surface area contributed by atoms with Gasteiger partial charge in [-0.15, -0.1) is 0 Å². The van der Waals surface area contributed by atoms with Crippen LogP contribution < -0.4 is 4.74 Å². The molecule has 0 heterocycles. The minimum Gasteiger partial charge on any atom is -0.497 e. The lowest BCUT2D eigenvalue weighted by atomic mass is 9.61. The molecule has 0 radical (unpaired) electrons. The number of hydrogen-bond donors (Lipinski definition) is 1. The molecule has 3 nitrogen and oxygen atoms in total. The fourth-order valence-corrected chi connectivity index (χ4v) is 4.43. The van der Waals surface area contributed by atoms with E-state index in [1.54, 1.807) is 7.11 Å². The maximum absolute atomic E-state index is 12.1. The maximum Gasteiger partial charge on any atom is 0.136 e. The highest BCUT2D eigenvalue weighted by atomic mass is 16.5. The minimum absolute atomic E-state index is 0.109. The van der Waals surface area contributed by atoms with Crippen LogP contribution in [-0.4, -0.2) is 23.6 Å². The molecule has 0 amide bonds. The Bertz CT molecular complexity index is 539. The van der Waals surface area contributed by atoms with Crippen LogP contribution in [0.4, 0.5) is 0 Å². The number of carbonyl (C=O) groups excluding carboxylic acids is 1. The van der Waals surface area contributed by atoms with Crippen LogP contribution in [-0.2, 0) is 11.2 Å². The number of carbonyl (C=O) groups is 1. The second-order valence-electron chi connectivity index (χ2n) is 6.92. The van der Waals surface area contributed by atoms with Crippen molar-refractivity contribution in [1.82, 2.24) is 0 Å². The van der Waals surface area contributed by atoms with Crippen molar-refractivity contribution in [2.24, 2.45) is 11.8 Å². The molecular weight excluding hydrogens is 276 g/mol. The van der Waals surface area contributed by atoms with Gasteiger partial charge in [-0.25, -0.2) is 0 Å². The van der Waals surface area contributed by atoms with E-state index < -0.39 is 5.60 Å². The molecule has 2 aliphatic carbocycles. The van der Waals surface area contributed by atoms with Crippen LogP contribution in [0.2, 0.25) is 0 Å². The van der Waals surface area contributed by atoms with Gasteiger partial charge in [0.1, 0.15) is 11.5 Å². The summed E-state index contributed by atoms with van der Waals surface area (Å²) in [6, 6.07) is 8.05. The monoisotopic (exact) mass is 302 g/mol. The minimum atomic E-state index is -0.665. The fraction of sp³-hybridized carbons (Fsp3) is 0.632. The van der Waals surface area contributed by atoms with Crippen LogP contribution in [0.15, 0.2) is 24.3 Å². The molecule has 2 fully saturated rings. The molecule has 22 heavy (non-hydrogen) atoms. The summed E-state index contributed by atoms with van der Waals surface area (Å²) in [5.74, 6) is 1.53. The van der Waals surface area contributed by atoms with Gasteiger partial charge in [0.05, 0.1) is 12.7 Å². The number of methoxy groups -OCH3 is 1. The first-order chi connectivity index (χ1) is 10.6. The molecule has 120 valence electrons. The van der Waals surface area contributed by atoms with E-state index in [9.17, 15) is 9.90 Å². The Morgan fingerprint density at radius 1 is 1.32 bits per heavy atom. The van der Waals surface area contributed by atoms with Gasteiger partial charge in [-0.2, -0.15) is 0 Å². The van der Waals surface area contributed by atoms with E-state index in [1.807, 2.05) is 18.2 Å². The first-order valence-corrected chi connectivity index (χ1v) is 8.50. The van der Waals surface area contributed by atoms with Crippen molar-refractivity contribution in [3.63, 3.8) is 0 Å². The summed E-state index contributed by atoms with van der Waals surface area (Å²) in [6.07, 6.45) is 7.04. The van der Waals surface area contributed by atoms with Crippen molar-refractivity contribution in [3.05, 3.63) is 29.8 Å². The first kappa shape index (κ1) is 15.5. The number of ketones is 1. The molecule has 0 unspecified atom stereocenters. The lowest BCUT2D eigenvalue weighted by molar-refractivity contribution is -0.142. The van der Waals surface area contributed by atoms with Gasteiger partial charge >= 0.3 is 0 Å². The highest BCUT2D eigenvalue weighted by Crippen LogP contribution is 2.46. The molecule has 0 spiro atoms. The summed E-state index contributed by atoms with van der Waals surface area (Å²) in [7, 11) is 1.67. The Balaban J connectivity index is 1.70. The highest BCUT2D eigenvalue weighted by Gasteiger charge is 2.47. The van der Waals surface area contributed by atoms with Crippen LogP contribution >= 0.6 is 0 Å². The van der Waals surface area contributed by atoms with Crippen molar-refractivity contribution in [2.45, 2.75) is 57.0 Å². The van der Waals surface area contributed by atoms with Crippen molar-refractivity contribution >= 4 is 5.78 Å². The Morgan fingerprint density at radius 3 is 3.00 bits per heavy atom. The Kier molecular flexibility index (Phi) is 4.53. The number of Topliss-reactive ketones (excluding diaryl/α,β-unsaturated/α-hetero) is 1. The molecule has 1 N–H and O–H groups in total. The quantitative estimate of drug-likeness (QED) is 0.925. The SMILES string of the molecule is COc1cccc(CC[C@]2(O)CCC[C@@H]3C(=O)CCC[C@@H]32)c1. The average Bonchev–Trinajstić information content (AvgIpc) is 2.55. The van der Waals surface area contributed by atoms with E-state index in [0.29, 0.717) is 12.2 Å². The highest BCUT2D eigenvalue weighted by molar-refractivity contribution is 5.82. The van der Waals surface area contributed by atoms with Crippen molar-refractivity contribution in [1.29, 1.82) is 0 Å². The largest absolute Gasteiger partial charge is 0.497 e. The normalized spacial score (nSPS) is 31.6. The summed E-state index contributed by atoms with van der Waals surface area (Å²) in [4.78, 5) is 12.1. The number of rotatable bonds is 4. The third-order valence-electron chi connectivity index (χ3n) is 5.63. The molecule has 3 atom stereocenters. The van der Waals surface area contributed by atoms with Gasteiger partial charge < -0.3 is 9.84 Å². The third-order valence-corrected chi connectivity index (χ3v) is 5.63. The topological polar surface area (TPSA) is 46.5 Å². The van der Waals surface area contributed by atoms with Gasteiger partial charge in [0, 0.05) is 12.3 Å². The van der Waals surface area contributed by atoms with Gasteiger partial charge in [-0.05, 0) is 68.6 Å². The van der Waals surface area contributed by atoms with E-state index in [2.05, 4.69) is 6.07 Å². The molecule has 0 saturated heterocycles. The lowest BCUT2D eigenvalue weighted by Crippen LogP contribution is -2.49. The maximum atomic E-state index is 12.1. The number of ether oxygens (including phenoxy) is 1. The fourth-order valence-electron chi connectivity index (χ4n) is 4.43. The number of benzene rings is 1. The second kappa shape index (κ2) is 6.41. The summed E-state index contributed by atoms with van der Waals surface area (Å²) in [5, 5.41) is 11.2. The molecule has 2 saturated carbocycles. The molecule has 3 heteroatoms. The Hall–Kier alpha value is -1.35. The molecule has 1 aromatic rings. The van der Waals surface area contributed by atoms with Crippen LogP contribution in [0.1, 0.15) is 50.5 Å². The van der Waals surface area contributed by atoms with Gasteiger partial charge in [-0.1, -0.05) is 12.1 Å². The van der Waals surface area contributed by atoms with E-state index >= 15 is 0 Å². The second-order valence-corrected chi connectivity index (χ2v) is 6.92. The molecule has 2 aliphatic rings. The predicted octanol–water partition coefficient (Wildman–Crippen LogP) is 3.53. The molecule has 3 rings (SSSR count). The van der Waals surface area contributed by atoms with Crippen molar-refractivity contribution < 1.29 is 14.6 Å². The van der Waals surface area contributed by atoms with Gasteiger partial charge in [0.25, 0.3) is 0 Å². The third kappa shape index (κ3) is 3.05. The zero-order chi connectivity index (χ0) is 15.6. The predicted molar refractivity (Wildman–Crippen MR) is 86.0 cm³/mol. The van der Waals surface area contributed by atoms with Crippen molar-refractivity contribution in [3.8, 4) is 5.75 Å². The molecule has 1 aromatic carbocycles. The summed E-state index contributed by atoms with van der Waals surface area (Å²) in [6.45, 7) is 0. The number of aliphatic hydroxyl groups is 1. The summed E-state index contributed by atoms with van der Waals surface area (Å²) >= 11 is 0. The molecule has 0 aliphatic heterocycles.